The molecule has 0 aliphatic carbocycles. The van der Waals surface area contributed by atoms with Gasteiger partial charge in [0.15, 0.2) is 0 Å². The second-order valence-corrected chi connectivity index (χ2v) is 10.1. The van der Waals surface area contributed by atoms with Crippen LogP contribution < -0.4 is 10.2 Å². The first-order valence-corrected chi connectivity index (χ1v) is 12.8. The predicted octanol–water partition coefficient (Wildman–Crippen LogP) is 4.91. The van der Waals surface area contributed by atoms with E-state index in [1.54, 1.807) is 40.1 Å². The molecule has 190 valence electrons. The third kappa shape index (κ3) is 5.02. The average Bonchev–Trinajstić information content (AvgIpc) is 3.16. The van der Waals surface area contributed by atoms with Crippen LogP contribution in [0.2, 0.25) is 10.0 Å². The standard InChI is InChI=1S/C28H26Cl2N4O3/c29-20-11-12-23(24(30)17-20)26(36)32-15-13-28(14-16-32)27(37)33(19-34(28)22-9-5-2-6-10-22)18-25(35)31-21-7-3-1-4-8-21/h1-12,17H,13-16,18-19H2,(H,31,35). The normalized spacial score (nSPS) is 16.8. The second-order valence-electron chi connectivity index (χ2n) is 9.27. The number of rotatable bonds is 5. The molecule has 2 saturated heterocycles. The van der Waals surface area contributed by atoms with Gasteiger partial charge in [-0.3, -0.25) is 14.4 Å². The Morgan fingerprint density at radius 3 is 2.19 bits per heavy atom. The van der Waals surface area contributed by atoms with Crippen molar-refractivity contribution in [2.45, 2.75) is 18.4 Å². The number of carbonyl (C=O) groups is 3. The minimum atomic E-state index is -0.838. The number of carbonyl (C=O) groups excluding carboxylic acids is 3. The number of amides is 3. The fourth-order valence-electron chi connectivity index (χ4n) is 5.13. The molecule has 0 saturated carbocycles. The molecule has 9 heteroatoms. The number of halogens is 2. The molecule has 2 aliphatic rings. The molecule has 7 nitrogen and oxygen atoms in total. The summed E-state index contributed by atoms with van der Waals surface area (Å²) in [6.07, 6.45) is 0.878. The van der Waals surface area contributed by atoms with Crippen LogP contribution in [0.15, 0.2) is 78.9 Å². The monoisotopic (exact) mass is 536 g/mol. The van der Waals surface area contributed by atoms with E-state index in [1.807, 2.05) is 48.5 Å². The number of para-hydroxylation sites is 2. The Kier molecular flexibility index (Phi) is 7.09. The number of hydrogen-bond donors (Lipinski definition) is 1. The molecule has 0 radical (unpaired) electrons. The molecule has 2 aliphatic heterocycles. The highest BCUT2D eigenvalue weighted by atomic mass is 35.5. The summed E-state index contributed by atoms with van der Waals surface area (Å²) in [6.45, 7) is 1.01. The topological polar surface area (TPSA) is 73.0 Å². The fraction of sp³-hybridized carbons (Fsp3) is 0.250. The predicted molar refractivity (Wildman–Crippen MR) is 145 cm³/mol. The molecule has 2 heterocycles. The highest BCUT2D eigenvalue weighted by Gasteiger charge is 2.54. The summed E-state index contributed by atoms with van der Waals surface area (Å²) in [4.78, 5) is 45.2. The van der Waals surface area contributed by atoms with Gasteiger partial charge in [0, 0.05) is 29.5 Å². The molecule has 2 fully saturated rings. The number of likely N-dealkylation sites (tertiary alicyclic amines) is 1. The van der Waals surface area contributed by atoms with Crippen LogP contribution >= 0.6 is 23.2 Å². The lowest BCUT2D eigenvalue weighted by Gasteiger charge is -2.43. The van der Waals surface area contributed by atoms with Gasteiger partial charge in [0.2, 0.25) is 5.91 Å². The third-order valence-electron chi connectivity index (χ3n) is 7.01. The van der Waals surface area contributed by atoms with Gasteiger partial charge in [-0.2, -0.15) is 0 Å². The zero-order valence-electron chi connectivity index (χ0n) is 20.1. The molecule has 1 spiro atoms. The van der Waals surface area contributed by atoms with Crippen molar-refractivity contribution in [2.75, 3.05) is 36.5 Å². The van der Waals surface area contributed by atoms with Crippen LogP contribution in [0.3, 0.4) is 0 Å². The largest absolute Gasteiger partial charge is 0.339 e. The summed E-state index contributed by atoms with van der Waals surface area (Å²) in [5, 5.41) is 3.62. The molecule has 3 aromatic rings. The van der Waals surface area contributed by atoms with Gasteiger partial charge in [0.05, 0.1) is 17.3 Å². The van der Waals surface area contributed by atoms with Crippen molar-refractivity contribution in [2.24, 2.45) is 0 Å². The Bertz CT molecular complexity index is 1310. The molecular formula is C28H26Cl2N4O3. The van der Waals surface area contributed by atoms with E-state index in [1.165, 1.54) is 0 Å². The number of benzene rings is 3. The van der Waals surface area contributed by atoms with Gasteiger partial charge >= 0.3 is 0 Å². The van der Waals surface area contributed by atoms with Crippen LogP contribution in [0.5, 0.6) is 0 Å². The number of nitrogens with one attached hydrogen (secondary N) is 1. The van der Waals surface area contributed by atoms with Crippen molar-refractivity contribution in [3.8, 4) is 0 Å². The molecule has 0 aromatic heterocycles. The Hall–Kier alpha value is -3.55. The van der Waals surface area contributed by atoms with Crippen molar-refractivity contribution in [1.82, 2.24) is 9.80 Å². The van der Waals surface area contributed by atoms with Gasteiger partial charge in [-0.1, -0.05) is 59.6 Å². The smallest absolute Gasteiger partial charge is 0.255 e. The molecule has 37 heavy (non-hydrogen) atoms. The van der Waals surface area contributed by atoms with Crippen molar-refractivity contribution in [1.29, 1.82) is 0 Å². The van der Waals surface area contributed by atoms with Crippen molar-refractivity contribution >= 4 is 52.3 Å². The number of hydrogen-bond acceptors (Lipinski definition) is 4. The van der Waals surface area contributed by atoms with Crippen molar-refractivity contribution < 1.29 is 14.4 Å². The third-order valence-corrected chi connectivity index (χ3v) is 7.56. The van der Waals surface area contributed by atoms with Gasteiger partial charge < -0.3 is 20.0 Å². The zero-order chi connectivity index (χ0) is 26.0. The quantitative estimate of drug-likeness (QED) is 0.502. The zero-order valence-corrected chi connectivity index (χ0v) is 21.6. The van der Waals surface area contributed by atoms with Crippen molar-refractivity contribution in [3.63, 3.8) is 0 Å². The van der Waals surface area contributed by atoms with Gasteiger partial charge in [-0.15, -0.1) is 0 Å². The summed E-state index contributed by atoms with van der Waals surface area (Å²) in [5.74, 6) is -0.543. The maximum atomic E-state index is 13.9. The first-order chi connectivity index (χ1) is 17.9. The molecule has 5 rings (SSSR count). The Labute approximate surface area is 225 Å². The van der Waals surface area contributed by atoms with Crippen molar-refractivity contribution in [3.05, 3.63) is 94.5 Å². The summed E-state index contributed by atoms with van der Waals surface area (Å²) in [7, 11) is 0. The van der Waals surface area contributed by atoms with Crippen LogP contribution in [-0.4, -0.2) is 59.4 Å². The van der Waals surface area contributed by atoms with E-state index < -0.39 is 5.54 Å². The maximum absolute atomic E-state index is 13.9. The molecule has 3 amide bonds. The van der Waals surface area contributed by atoms with Gasteiger partial charge in [-0.05, 0) is 55.3 Å². The molecule has 0 atom stereocenters. The second kappa shape index (κ2) is 10.4. The van der Waals surface area contributed by atoms with Gasteiger partial charge in [0.25, 0.3) is 11.8 Å². The maximum Gasteiger partial charge on any atom is 0.255 e. The van der Waals surface area contributed by atoms with E-state index in [9.17, 15) is 14.4 Å². The first kappa shape index (κ1) is 25.1. The lowest BCUT2D eigenvalue weighted by Crippen LogP contribution is -2.57. The number of nitrogens with zero attached hydrogens (tertiary/aromatic N) is 3. The fourth-order valence-corrected chi connectivity index (χ4v) is 5.62. The Balaban J connectivity index is 1.35. The highest BCUT2D eigenvalue weighted by molar-refractivity contribution is 6.36. The van der Waals surface area contributed by atoms with E-state index in [-0.39, 0.29) is 24.3 Å². The van der Waals surface area contributed by atoms with Gasteiger partial charge in [-0.25, -0.2) is 0 Å². The lowest BCUT2D eigenvalue weighted by atomic mass is 9.85. The van der Waals surface area contributed by atoms with E-state index in [0.717, 1.165) is 5.69 Å². The van der Waals surface area contributed by atoms with E-state index in [4.69, 9.17) is 23.2 Å². The number of piperidine rings is 1. The summed E-state index contributed by atoms with van der Waals surface area (Å²) in [5.41, 5.74) is 1.14. The van der Waals surface area contributed by atoms with Crippen LogP contribution in [0.1, 0.15) is 23.2 Å². The van der Waals surface area contributed by atoms with E-state index in [2.05, 4.69) is 10.2 Å². The summed E-state index contributed by atoms with van der Waals surface area (Å²) in [6, 6.07) is 23.7. The van der Waals surface area contributed by atoms with E-state index in [0.29, 0.717) is 53.9 Å². The minimum Gasteiger partial charge on any atom is -0.339 e. The highest BCUT2D eigenvalue weighted by Crippen LogP contribution is 2.40. The molecule has 0 bridgehead atoms. The van der Waals surface area contributed by atoms with E-state index >= 15 is 0 Å². The molecular weight excluding hydrogens is 511 g/mol. The van der Waals surface area contributed by atoms with Gasteiger partial charge in [0.1, 0.15) is 12.1 Å². The number of anilines is 2. The molecule has 3 aromatic carbocycles. The lowest BCUT2D eigenvalue weighted by molar-refractivity contribution is -0.136. The SMILES string of the molecule is O=C(CN1CN(c2ccccc2)C2(CCN(C(=O)c3ccc(Cl)cc3Cl)CC2)C1=O)Nc1ccccc1. The summed E-state index contributed by atoms with van der Waals surface area (Å²) < 4.78 is 0. The Morgan fingerprint density at radius 1 is 0.892 bits per heavy atom. The van der Waals surface area contributed by atoms with Crippen LogP contribution in [0.4, 0.5) is 11.4 Å². The summed E-state index contributed by atoms with van der Waals surface area (Å²) >= 11 is 12.3. The van der Waals surface area contributed by atoms with Crippen LogP contribution in [0.25, 0.3) is 0 Å². The Morgan fingerprint density at radius 2 is 1.54 bits per heavy atom. The minimum absolute atomic E-state index is 0.0537. The van der Waals surface area contributed by atoms with Crippen LogP contribution in [0, 0.1) is 0 Å². The molecule has 0 unspecified atom stereocenters. The first-order valence-electron chi connectivity index (χ1n) is 12.1. The molecule has 1 N–H and O–H groups in total. The average molecular weight is 537 g/mol. The van der Waals surface area contributed by atoms with Crippen LogP contribution in [-0.2, 0) is 9.59 Å².